The predicted octanol–water partition coefficient (Wildman–Crippen LogP) is 4.79. The fraction of sp³-hybridized carbons (Fsp3) is 0.316. The third kappa shape index (κ3) is 3.59. The number of ether oxygens (including phenoxy) is 1. The highest BCUT2D eigenvalue weighted by atomic mass is 79.9. The SMILES string of the molecule is CCCOC(=O)C(CC)n1cnc2scc(-c3ccc(Br)cc3)c2c1=O. The minimum atomic E-state index is -0.663. The molecule has 0 N–H and O–H groups in total. The first kappa shape index (κ1) is 18.8. The van der Waals surface area contributed by atoms with Crippen LogP contribution < -0.4 is 5.56 Å². The average molecular weight is 435 g/mol. The second kappa shape index (κ2) is 8.14. The second-order valence-electron chi connectivity index (χ2n) is 5.88. The zero-order chi connectivity index (χ0) is 18.7. The molecule has 136 valence electrons. The summed E-state index contributed by atoms with van der Waals surface area (Å²) in [5, 5.41) is 2.48. The van der Waals surface area contributed by atoms with Gasteiger partial charge in [-0.1, -0.05) is 41.9 Å². The molecule has 1 unspecified atom stereocenters. The number of carbonyl (C=O) groups is 1. The smallest absolute Gasteiger partial charge is 0.329 e. The standard InChI is InChI=1S/C19H19BrN2O3S/c1-3-9-25-19(24)15(4-2)22-11-21-17-16(18(22)23)14(10-26-17)12-5-7-13(20)8-6-12/h5-8,10-11,15H,3-4,9H2,1-2H3. The molecule has 3 rings (SSSR count). The van der Waals surface area contributed by atoms with Crippen molar-refractivity contribution in [3.8, 4) is 11.1 Å². The minimum Gasteiger partial charge on any atom is -0.464 e. The summed E-state index contributed by atoms with van der Waals surface area (Å²) in [6, 6.07) is 7.11. The molecule has 3 aromatic rings. The highest BCUT2D eigenvalue weighted by molar-refractivity contribution is 9.10. The van der Waals surface area contributed by atoms with Crippen LogP contribution in [0.2, 0.25) is 0 Å². The highest BCUT2D eigenvalue weighted by Gasteiger charge is 2.23. The molecule has 0 saturated heterocycles. The summed E-state index contributed by atoms with van der Waals surface area (Å²) in [6.07, 6.45) is 2.66. The van der Waals surface area contributed by atoms with Gasteiger partial charge in [-0.15, -0.1) is 11.3 Å². The van der Waals surface area contributed by atoms with Crippen LogP contribution in [-0.4, -0.2) is 22.1 Å². The maximum Gasteiger partial charge on any atom is 0.329 e. The predicted molar refractivity (Wildman–Crippen MR) is 108 cm³/mol. The Morgan fingerprint density at radius 3 is 2.69 bits per heavy atom. The van der Waals surface area contributed by atoms with Crippen LogP contribution in [0.4, 0.5) is 0 Å². The number of benzene rings is 1. The van der Waals surface area contributed by atoms with Crippen LogP contribution in [0.15, 0.2) is 45.2 Å². The molecule has 0 spiro atoms. The first-order valence-electron chi connectivity index (χ1n) is 8.47. The van der Waals surface area contributed by atoms with Crippen LogP contribution in [0.1, 0.15) is 32.7 Å². The zero-order valence-corrected chi connectivity index (χ0v) is 17.0. The number of thiophene rings is 1. The molecule has 0 aliphatic heterocycles. The molecule has 5 nitrogen and oxygen atoms in total. The van der Waals surface area contributed by atoms with Crippen molar-refractivity contribution in [1.82, 2.24) is 9.55 Å². The second-order valence-corrected chi connectivity index (χ2v) is 7.66. The van der Waals surface area contributed by atoms with Crippen LogP contribution in [0.25, 0.3) is 21.3 Å². The maximum absolute atomic E-state index is 13.1. The molecular formula is C19H19BrN2O3S. The Bertz CT molecular complexity index is 979. The lowest BCUT2D eigenvalue weighted by Crippen LogP contribution is -2.31. The van der Waals surface area contributed by atoms with Crippen LogP contribution in [-0.2, 0) is 9.53 Å². The Morgan fingerprint density at radius 1 is 1.31 bits per heavy atom. The third-order valence-electron chi connectivity index (χ3n) is 4.12. The molecule has 26 heavy (non-hydrogen) atoms. The summed E-state index contributed by atoms with van der Waals surface area (Å²) in [5.74, 6) is -0.391. The van der Waals surface area contributed by atoms with E-state index in [-0.39, 0.29) is 5.56 Å². The number of halogens is 1. The Balaban J connectivity index is 2.10. The molecule has 0 fully saturated rings. The summed E-state index contributed by atoms with van der Waals surface area (Å²) in [7, 11) is 0. The van der Waals surface area contributed by atoms with Crippen LogP contribution >= 0.6 is 27.3 Å². The van der Waals surface area contributed by atoms with E-state index in [4.69, 9.17) is 4.74 Å². The van der Waals surface area contributed by atoms with E-state index in [9.17, 15) is 9.59 Å². The Kier molecular flexibility index (Phi) is 5.88. The first-order valence-corrected chi connectivity index (χ1v) is 10.1. The number of nitrogens with zero attached hydrogens (tertiary/aromatic N) is 2. The molecule has 1 aromatic carbocycles. The van der Waals surface area contributed by atoms with E-state index in [0.717, 1.165) is 22.0 Å². The molecular weight excluding hydrogens is 416 g/mol. The number of esters is 1. The molecule has 7 heteroatoms. The molecule has 2 heterocycles. The molecule has 0 amide bonds. The lowest BCUT2D eigenvalue weighted by molar-refractivity contribution is -0.147. The van der Waals surface area contributed by atoms with Crippen molar-refractivity contribution in [3.05, 3.63) is 50.8 Å². The Hall–Kier alpha value is -1.99. The Labute approximate surface area is 163 Å². The average Bonchev–Trinajstić information content (AvgIpc) is 3.08. The number of carbonyl (C=O) groups excluding carboxylic acids is 1. The monoisotopic (exact) mass is 434 g/mol. The summed E-state index contributed by atoms with van der Waals surface area (Å²) in [6.45, 7) is 4.14. The number of hydrogen-bond acceptors (Lipinski definition) is 5. The molecule has 0 aliphatic carbocycles. The topological polar surface area (TPSA) is 61.2 Å². The van der Waals surface area contributed by atoms with Gasteiger partial charge in [-0.2, -0.15) is 0 Å². The first-order chi connectivity index (χ1) is 12.6. The van der Waals surface area contributed by atoms with Crippen molar-refractivity contribution in [1.29, 1.82) is 0 Å². The summed E-state index contributed by atoms with van der Waals surface area (Å²) >= 11 is 4.85. The third-order valence-corrected chi connectivity index (χ3v) is 5.53. The fourth-order valence-corrected chi connectivity index (χ4v) is 3.96. The van der Waals surface area contributed by atoms with Crippen molar-refractivity contribution in [3.63, 3.8) is 0 Å². The summed E-state index contributed by atoms with van der Waals surface area (Å²) in [4.78, 5) is 30.6. The highest BCUT2D eigenvalue weighted by Crippen LogP contribution is 2.31. The minimum absolute atomic E-state index is 0.213. The summed E-state index contributed by atoms with van der Waals surface area (Å²) in [5.41, 5.74) is 1.56. The molecule has 0 aliphatic rings. The van der Waals surface area contributed by atoms with Gasteiger partial charge in [0.1, 0.15) is 10.9 Å². The van der Waals surface area contributed by atoms with Gasteiger partial charge in [0.25, 0.3) is 5.56 Å². The van der Waals surface area contributed by atoms with Crippen molar-refractivity contribution in [2.45, 2.75) is 32.7 Å². The van der Waals surface area contributed by atoms with Gasteiger partial charge >= 0.3 is 5.97 Å². The van der Waals surface area contributed by atoms with E-state index in [1.807, 2.05) is 43.5 Å². The number of hydrogen-bond donors (Lipinski definition) is 0. The van der Waals surface area contributed by atoms with Crippen molar-refractivity contribution >= 4 is 43.5 Å². The fourth-order valence-electron chi connectivity index (χ4n) is 2.79. The van der Waals surface area contributed by atoms with E-state index in [1.165, 1.54) is 22.2 Å². The maximum atomic E-state index is 13.1. The van der Waals surface area contributed by atoms with E-state index < -0.39 is 12.0 Å². The molecule has 0 saturated carbocycles. The van der Waals surface area contributed by atoms with E-state index in [2.05, 4.69) is 20.9 Å². The van der Waals surface area contributed by atoms with Gasteiger partial charge < -0.3 is 4.74 Å². The normalized spacial score (nSPS) is 12.3. The van der Waals surface area contributed by atoms with Gasteiger partial charge in [0.15, 0.2) is 0 Å². The quantitative estimate of drug-likeness (QED) is 0.523. The van der Waals surface area contributed by atoms with Crippen molar-refractivity contribution in [2.75, 3.05) is 6.61 Å². The molecule has 0 bridgehead atoms. The largest absolute Gasteiger partial charge is 0.464 e. The molecule has 0 radical (unpaired) electrons. The van der Waals surface area contributed by atoms with Gasteiger partial charge in [-0.25, -0.2) is 9.78 Å². The molecule has 1 atom stereocenters. The Morgan fingerprint density at radius 2 is 2.04 bits per heavy atom. The van der Waals surface area contributed by atoms with Crippen LogP contribution in [0.5, 0.6) is 0 Å². The van der Waals surface area contributed by atoms with Crippen molar-refractivity contribution in [2.24, 2.45) is 0 Å². The lowest BCUT2D eigenvalue weighted by atomic mass is 10.1. The van der Waals surface area contributed by atoms with Gasteiger partial charge in [0.2, 0.25) is 0 Å². The zero-order valence-electron chi connectivity index (χ0n) is 14.6. The number of aromatic nitrogens is 2. The van der Waals surface area contributed by atoms with E-state index in [1.54, 1.807) is 0 Å². The lowest BCUT2D eigenvalue weighted by Gasteiger charge is -2.16. The van der Waals surface area contributed by atoms with Gasteiger partial charge in [0.05, 0.1) is 18.3 Å². The van der Waals surface area contributed by atoms with Crippen LogP contribution in [0, 0.1) is 0 Å². The van der Waals surface area contributed by atoms with Crippen molar-refractivity contribution < 1.29 is 9.53 Å². The van der Waals surface area contributed by atoms with Crippen LogP contribution in [0.3, 0.4) is 0 Å². The van der Waals surface area contributed by atoms with Gasteiger partial charge in [-0.05, 0) is 30.5 Å². The summed E-state index contributed by atoms with van der Waals surface area (Å²) < 4.78 is 7.62. The number of rotatable bonds is 6. The van der Waals surface area contributed by atoms with E-state index in [0.29, 0.717) is 23.2 Å². The van der Waals surface area contributed by atoms with Gasteiger partial charge in [-0.3, -0.25) is 9.36 Å². The molecule has 2 aromatic heterocycles. The number of fused-ring (bicyclic) bond motifs is 1. The van der Waals surface area contributed by atoms with E-state index >= 15 is 0 Å². The van der Waals surface area contributed by atoms with Gasteiger partial charge in [0, 0.05) is 15.4 Å².